The molecule has 0 saturated carbocycles. The van der Waals surface area contributed by atoms with Crippen LogP contribution in [0.1, 0.15) is 0 Å². The van der Waals surface area contributed by atoms with Crippen molar-refractivity contribution in [3.8, 4) is 17.1 Å². The van der Waals surface area contributed by atoms with Crippen LogP contribution in [0, 0.1) is 5.82 Å². The molecule has 1 aromatic heterocycles. The van der Waals surface area contributed by atoms with Crippen LogP contribution in [0.3, 0.4) is 0 Å². The number of anilines is 1. The summed E-state index contributed by atoms with van der Waals surface area (Å²) in [6.07, 6.45) is 0. The standard InChI is InChI=1S/C9H6BrFN2O2/c10-8-5(14)2-1-4(9(8)11)6-3-7(12)13-15-6/h1-3,14H,(H2,12,13). The molecule has 2 aromatic rings. The summed E-state index contributed by atoms with van der Waals surface area (Å²) >= 11 is 2.92. The van der Waals surface area contributed by atoms with E-state index in [4.69, 9.17) is 10.3 Å². The summed E-state index contributed by atoms with van der Waals surface area (Å²) in [5.41, 5.74) is 5.53. The number of hydrogen-bond donors (Lipinski definition) is 2. The quantitative estimate of drug-likeness (QED) is 0.837. The summed E-state index contributed by atoms with van der Waals surface area (Å²) in [6, 6.07) is 4.14. The van der Waals surface area contributed by atoms with Crippen LogP contribution in [-0.2, 0) is 0 Å². The number of nitrogen functional groups attached to an aromatic ring is 1. The van der Waals surface area contributed by atoms with Crippen molar-refractivity contribution in [2.45, 2.75) is 0 Å². The van der Waals surface area contributed by atoms with E-state index in [1.165, 1.54) is 18.2 Å². The van der Waals surface area contributed by atoms with Gasteiger partial charge in [0.15, 0.2) is 17.4 Å². The lowest BCUT2D eigenvalue weighted by Crippen LogP contribution is -1.85. The monoisotopic (exact) mass is 272 g/mol. The second-order valence-corrected chi connectivity index (χ2v) is 3.67. The number of phenolic OH excluding ortho intramolecular Hbond substituents is 1. The fraction of sp³-hybridized carbons (Fsp3) is 0. The Morgan fingerprint density at radius 3 is 2.80 bits per heavy atom. The Kier molecular flexibility index (Phi) is 2.36. The minimum Gasteiger partial charge on any atom is -0.507 e. The molecule has 2 rings (SSSR count). The largest absolute Gasteiger partial charge is 0.507 e. The molecule has 6 heteroatoms. The van der Waals surface area contributed by atoms with E-state index in [1.807, 2.05) is 0 Å². The molecule has 0 aliphatic carbocycles. The van der Waals surface area contributed by atoms with E-state index >= 15 is 0 Å². The Hall–Kier alpha value is -1.56. The van der Waals surface area contributed by atoms with Crippen molar-refractivity contribution >= 4 is 21.7 Å². The molecule has 0 saturated heterocycles. The van der Waals surface area contributed by atoms with Gasteiger partial charge in [0.05, 0.1) is 10.0 Å². The average molecular weight is 273 g/mol. The molecule has 78 valence electrons. The van der Waals surface area contributed by atoms with Crippen molar-refractivity contribution in [3.63, 3.8) is 0 Å². The summed E-state index contributed by atoms with van der Waals surface area (Å²) < 4.78 is 18.4. The molecule has 0 atom stereocenters. The van der Waals surface area contributed by atoms with Crippen LogP contribution in [0.5, 0.6) is 5.75 Å². The van der Waals surface area contributed by atoms with Crippen molar-refractivity contribution in [2.75, 3.05) is 5.73 Å². The fourth-order valence-corrected chi connectivity index (χ4v) is 1.49. The Morgan fingerprint density at radius 1 is 1.47 bits per heavy atom. The van der Waals surface area contributed by atoms with E-state index in [0.717, 1.165) is 0 Å². The average Bonchev–Trinajstić information content (AvgIpc) is 2.61. The zero-order valence-electron chi connectivity index (χ0n) is 7.37. The summed E-state index contributed by atoms with van der Waals surface area (Å²) in [5, 5.41) is 12.7. The molecule has 4 nitrogen and oxygen atoms in total. The van der Waals surface area contributed by atoms with Gasteiger partial charge in [0, 0.05) is 6.07 Å². The first kappa shape index (κ1) is 9.97. The molecule has 0 bridgehead atoms. The lowest BCUT2D eigenvalue weighted by atomic mass is 10.1. The van der Waals surface area contributed by atoms with Crippen molar-refractivity contribution < 1.29 is 14.0 Å². The highest BCUT2D eigenvalue weighted by Crippen LogP contribution is 2.34. The van der Waals surface area contributed by atoms with E-state index < -0.39 is 5.82 Å². The topological polar surface area (TPSA) is 72.3 Å². The predicted molar refractivity (Wildman–Crippen MR) is 55.7 cm³/mol. The normalized spacial score (nSPS) is 10.5. The summed E-state index contributed by atoms with van der Waals surface area (Å²) in [7, 11) is 0. The molecule has 0 fully saturated rings. The first-order chi connectivity index (χ1) is 7.09. The number of rotatable bonds is 1. The Labute approximate surface area is 92.6 Å². The van der Waals surface area contributed by atoms with Crippen LogP contribution in [0.15, 0.2) is 27.2 Å². The lowest BCUT2D eigenvalue weighted by molar-refractivity contribution is 0.431. The number of benzene rings is 1. The van der Waals surface area contributed by atoms with Crippen molar-refractivity contribution in [2.24, 2.45) is 0 Å². The number of nitrogens with zero attached hydrogens (tertiary/aromatic N) is 1. The third kappa shape index (κ3) is 1.68. The van der Waals surface area contributed by atoms with E-state index in [2.05, 4.69) is 21.1 Å². The predicted octanol–water partition coefficient (Wildman–Crippen LogP) is 2.53. The molecule has 1 aromatic carbocycles. The highest BCUT2D eigenvalue weighted by molar-refractivity contribution is 9.10. The zero-order valence-corrected chi connectivity index (χ0v) is 8.95. The molecule has 15 heavy (non-hydrogen) atoms. The van der Waals surface area contributed by atoms with E-state index in [9.17, 15) is 9.50 Å². The smallest absolute Gasteiger partial charge is 0.172 e. The summed E-state index contributed by atoms with van der Waals surface area (Å²) in [6.45, 7) is 0. The SMILES string of the molecule is Nc1cc(-c2ccc(O)c(Br)c2F)on1. The lowest BCUT2D eigenvalue weighted by Gasteiger charge is -2.02. The third-order valence-electron chi connectivity index (χ3n) is 1.86. The number of phenols is 1. The van der Waals surface area contributed by atoms with Crippen LogP contribution in [0.25, 0.3) is 11.3 Å². The van der Waals surface area contributed by atoms with Crippen LogP contribution in [-0.4, -0.2) is 10.3 Å². The molecule has 3 N–H and O–H groups in total. The number of halogens is 2. The van der Waals surface area contributed by atoms with E-state index in [1.54, 1.807) is 0 Å². The molecule has 0 amide bonds. The van der Waals surface area contributed by atoms with Gasteiger partial charge in [-0.15, -0.1) is 0 Å². The highest BCUT2D eigenvalue weighted by Gasteiger charge is 2.15. The van der Waals surface area contributed by atoms with Gasteiger partial charge in [-0.3, -0.25) is 0 Å². The van der Waals surface area contributed by atoms with Crippen molar-refractivity contribution in [3.05, 3.63) is 28.5 Å². The zero-order chi connectivity index (χ0) is 11.0. The van der Waals surface area contributed by atoms with Gasteiger partial charge in [-0.1, -0.05) is 5.16 Å². The maximum absolute atomic E-state index is 13.6. The maximum Gasteiger partial charge on any atom is 0.172 e. The molecular formula is C9H6BrFN2O2. The van der Waals surface area contributed by atoms with Gasteiger partial charge in [0.25, 0.3) is 0 Å². The van der Waals surface area contributed by atoms with Crippen molar-refractivity contribution in [1.29, 1.82) is 0 Å². The van der Waals surface area contributed by atoms with Gasteiger partial charge in [-0.25, -0.2) is 4.39 Å². The van der Waals surface area contributed by atoms with Gasteiger partial charge in [-0.2, -0.15) is 0 Å². The van der Waals surface area contributed by atoms with E-state index in [0.29, 0.717) is 0 Å². The molecule has 0 radical (unpaired) electrons. The molecular weight excluding hydrogens is 267 g/mol. The first-order valence-electron chi connectivity index (χ1n) is 3.99. The summed E-state index contributed by atoms with van der Waals surface area (Å²) in [5.74, 6) is -0.408. The second-order valence-electron chi connectivity index (χ2n) is 2.88. The minimum atomic E-state index is -0.619. The second kappa shape index (κ2) is 3.54. The Bertz CT molecular complexity index is 513. The van der Waals surface area contributed by atoms with Crippen LogP contribution in [0.4, 0.5) is 10.2 Å². The van der Waals surface area contributed by atoms with E-state index in [-0.39, 0.29) is 27.4 Å². The number of aromatic nitrogens is 1. The minimum absolute atomic E-state index is 0.0185. The van der Waals surface area contributed by atoms with Gasteiger partial charge in [-0.05, 0) is 28.1 Å². The maximum atomic E-state index is 13.6. The van der Waals surface area contributed by atoms with Gasteiger partial charge < -0.3 is 15.4 Å². The third-order valence-corrected chi connectivity index (χ3v) is 2.61. The van der Waals surface area contributed by atoms with Crippen LogP contribution < -0.4 is 5.73 Å². The van der Waals surface area contributed by atoms with Gasteiger partial charge in [0.1, 0.15) is 5.75 Å². The summed E-state index contributed by atoms with van der Waals surface area (Å²) in [4.78, 5) is 0. The number of nitrogens with two attached hydrogens (primary N) is 1. The number of hydrogen-bond acceptors (Lipinski definition) is 4. The molecule has 1 heterocycles. The Balaban J connectivity index is 2.59. The van der Waals surface area contributed by atoms with Gasteiger partial charge >= 0.3 is 0 Å². The molecule has 0 aliphatic rings. The number of aromatic hydroxyl groups is 1. The van der Waals surface area contributed by atoms with Crippen LogP contribution >= 0.6 is 15.9 Å². The highest BCUT2D eigenvalue weighted by atomic mass is 79.9. The molecule has 0 spiro atoms. The molecule has 0 aliphatic heterocycles. The molecule has 0 unspecified atom stereocenters. The Morgan fingerprint density at radius 2 is 2.20 bits per heavy atom. The van der Waals surface area contributed by atoms with Crippen molar-refractivity contribution in [1.82, 2.24) is 5.16 Å². The van der Waals surface area contributed by atoms with Gasteiger partial charge in [0.2, 0.25) is 0 Å². The fourth-order valence-electron chi connectivity index (χ4n) is 1.15. The first-order valence-corrected chi connectivity index (χ1v) is 4.78. The van der Waals surface area contributed by atoms with Crippen LogP contribution in [0.2, 0.25) is 0 Å².